The fourth-order valence-electron chi connectivity index (χ4n) is 4.34. The van der Waals surface area contributed by atoms with Crippen molar-refractivity contribution in [3.63, 3.8) is 0 Å². The summed E-state index contributed by atoms with van der Waals surface area (Å²) in [7, 11) is 3.84. The highest BCUT2D eigenvalue weighted by Gasteiger charge is 2.18. The van der Waals surface area contributed by atoms with Crippen LogP contribution in [-0.2, 0) is 16.1 Å². The van der Waals surface area contributed by atoms with E-state index in [9.17, 15) is 9.59 Å². The second-order valence-corrected chi connectivity index (χ2v) is 9.87. The Kier molecular flexibility index (Phi) is 7.95. The minimum Gasteiger partial charge on any atom is -0.458 e. The number of carbonyl (C=O) groups excluding carboxylic acids is 2. The van der Waals surface area contributed by atoms with Crippen LogP contribution in [0.1, 0.15) is 21.7 Å². The predicted octanol–water partition coefficient (Wildman–Crippen LogP) is 5.02. The summed E-state index contributed by atoms with van der Waals surface area (Å²) in [6, 6.07) is 17.0. The number of morpholine rings is 1. The molecule has 1 aliphatic heterocycles. The van der Waals surface area contributed by atoms with E-state index < -0.39 is 0 Å². The highest BCUT2D eigenvalue weighted by Crippen LogP contribution is 2.33. The standard InChI is InChI=1S/C30H29ClN4O4/c1-34(2)27-9-3-20(18-32-27)4-10-28(36)33-19-25-16-24-15-23(17-26(31)29(24)39-25)21-5-7-22(8-6-21)30(37)35-11-13-38-14-12-35/h3-10,15-18H,11-14,19H2,1-2H3,(H,33,36). The molecule has 0 unspecified atom stereocenters. The first-order chi connectivity index (χ1) is 18.9. The van der Waals surface area contributed by atoms with Crippen LogP contribution in [-0.4, -0.2) is 62.1 Å². The Bertz CT molecular complexity index is 1500. The van der Waals surface area contributed by atoms with Gasteiger partial charge in [0.05, 0.1) is 24.8 Å². The first-order valence-electron chi connectivity index (χ1n) is 12.7. The van der Waals surface area contributed by atoms with E-state index in [0.29, 0.717) is 48.2 Å². The Morgan fingerprint density at radius 1 is 1.05 bits per heavy atom. The van der Waals surface area contributed by atoms with Crippen molar-refractivity contribution < 1.29 is 18.7 Å². The highest BCUT2D eigenvalue weighted by molar-refractivity contribution is 6.35. The molecule has 2 aromatic carbocycles. The summed E-state index contributed by atoms with van der Waals surface area (Å²) in [6.07, 6.45) is 4.89. The summed E-state index contributed by atoms with van der Waals surface area (Å²) >= 11 is 6.55. The van der Waals surface area contributed by atoms with E-state index in [2.05, 4.69) is 10.3 Å². The van der Waals surface area contributed by atoms with E-state index in [0.717, 1.165) is 27.9 Å². The second kappa shape index (κ2) is 11.7. The predicted molar refractivity (Wildman–Crippen MR) is 153 cm³/mol. The molecule has 0 atom stereocenters. The third-order valence-electron chi connectivity index (χ3n) is 6.48. The van der Waals surface area contributed by atoms with Crippen LogP contribution < -0.4 is 10.2 Å². The first kappa shape index (κ1) is 26.5. The lowest BCUT2D eigenvalue weighted by Gasteiger charge is -2.26. The van der Waals surface area contributed by atoms with E-state index >= 15 is 0 Å². The van der Waals surface area contributed by atoms with Crippen molar-refractivity contribution in [1.29, 1.82) is 0 Å². The van der Waals surface area contributed by atoms with Crippen LogP contribution in [0.3, 0.4) is 0 Å². The molecule has 3 heterocycles. The maximum atomic E-state index is 12.7. The van der Waals surface area contributed by atoms with Gasteiger partial charge in [-0.1, -0.05) is 23.7 Å². The molecule has 0 aliphatic carbocycles. The van der Waals surface area contributed by atoms with Crippen LogP contribution in [0.15, 0.2) is 71.3 Å². The average Bonchev–Trinajstić information content (AvgIpc) is 3.39. The van der Waals surface area contributed by atoms with Gasteiger partial charge in [0.1, 0.15) is 11.6 Å². The van der Waals surface area contributed by atoms with Crippen molar-refractivity contribution in [3.05, 3.63) is 88.8 Å². The number of nitrogens with one attached hydrogen (secondary N) is 1. The van der Waals surface area contributed by atoms with Gasteiger partial charge in [-0.15, -0.1) is 0 Å². The molecular weight excluding hydrogens is 516 g/mol. The number of amides is 2. The number of hydrogen-bond donors (Lipinski definition) is 1. The fourth-order valence-corrected chi connectivity index (χ4v) is 4.60. The van der Waals surface area contributed by atoms with E-state index in [-0.39, 0.29) is 18.4 Å². The molecule has 0 spiro atoms. The maximum Gasteiger partial charge on any atom is 0.254 e. The van der Waals surface area contributed by atoms with Gasteiger partial charge in [-0.3, -0.25) is 9.59 Å². The SMILES string of the molecule is CN(C)c1ccc(C=CC(=O)NCc2cc3cc(-c4ccc(C(=O)N5CCOCC5)cc4)cc(Cl)c3o2)cn1. The van der Waals surface area contributed by atoms with Gasteiger partial charge in [0.25, 0.3) is 5.91 Å². The van der Waals surface area contributed by atoms with Crippen molar-refractivity contribution in [2.75, 3.05) is 45.3 Å². The fraction of sp³-hybridized carbons (Fsp3) is 0.233. The lowest BCUT2D eigenvalue weighted by molar-refractivity contribution is -0.116. The third-order valence-corrected chi connectivity index (χ3v) is 6.76. The van der Waals surface area contributed by atoms with Gasteiger partial charge in [0.15, 0.2) is 5.58 Å². The zero-order chi connectivity index (χ0) is 27.4. The van der Waals surface area contributed by atoms with Gasteiger partial charge in [-0.05, 0) is 65.2 Å². The molecule has 4 aromatic rings. The van der Waals surface area contributed by atoms with Crippen LogP contribution in [0, 0.1) is 0 Å². The molecule has 0 radical (unpaired) electrons. The Morgan fingerprint density at radius 3 is 2.51 bits per heavy atom. The minimum atomic E-state index is -0.245. The lowest BCUT2D eigenvalue weighted by Crippen LogP contribution is -2.40. The summed E-state index contributed by atoms with van der Waals surface area (Å²) in [4.78, 5) is 33.1. The Labute approximate surface area is 231 Å². The number of anilines is 1. The van der Waals surface area contributed by atoms with Crippen LogP contribution in [0.2, 0.25) is 5.02 Å². The maximum absolute atomic E-state index is 12.7. The number of furan rings is 1. The average molecular weight is 545 g/mol. The normalized spacial score (nSPS) is 13.7. The van der Waals surface area contributed by atoms with Crippen LogP contribution in [0.25, 0.3) is 28.2 Å². The Hall–Kier alpha value is -4.14. The number of carbonyl (C=O) groups is 2. The highest BCUT2D eigenvalue weighted by atomic mass is 35.5. The molecule has 1 aliphatic rings. The quantitative estimate of drug-likeness (QED) is 0.329. The van der Waals surface area contributed by atoms with Crippen molar-refractivity contribution in [1.82, 2.24) is 15.2 Å². The molecular formula is C30H29ClN4O4. The van der Waals surface area contributed by atoms with E-state index in [1.807, 2.05) is 78.5 Å². The number of ether oxygens (including phenoxy) is 1. The van der Waals surface area contributed by atoms with Gasteiger partial charge in [0.2, 0.25) is 5.91 Å². The van der Waals surface area contributed by atoms with E-state index in [1.54, 1.807) is 12.3 Å². The van der Waals surface area contributed by atoms with Gasteiger partial charge in [0, 0.05) is 50.4 Å². The molecule has 2 amide bonds. The number of pyridine rings is 1. The second-order valence-electron chi connectivity index (χ2n) is 9.47. The van der Waals surface area contributed by atoms with Gasteiger partial charge in [-0.25, -0.2) is 4.98 Å². The number of halogens is 1. The van der Waals surface area contributed by atoms with Crippen LogP contribution >= 0.6 is 11.6 Å². The van der Waals surface area contributed by atoms with E-state index in [1.165, 1.54) is 6.08 Å². The number of benzene rings is 2. The molecule has 9 heteroatoms. The van der Waals surface area contributed by atoms with Crippen molar-refractivity contribution in [3.8, 4) is 11.1 Å². The molecule has 5 rings (SSSR count). The molecule has 2 aromatic heterocycles. The van der Waals surface area contributed by atoms with Crippen LogP contribution in [0.4, 0.5) is 5.82 Å². The zero-order valence-corrected chi connectivity index (χ0v) is 22.6. The first-order valence-corrected chi connectivity index (χ1v) is 13.0. The monoisotopic (exact) mass is 544 g/mol. The molecule has 200 valence electrons. The summed E-state index contributed by atoms with van der Waals surface area (Å²) in [6.45, 7) is 2.57. The molecule has 8 nitrogen and oxygen atoms in total. The molecule has 0 saturated carbocycles. The molecule has 1 saturated heterocycles. The molecule has 39 heavy (non-hydrogen) atoms. The van der Waals surface area contributed by atoms with Crippen molar-refractivity contribution in [2.45, 2.75) is 6.54 Å². The van der Waals surface area contributed by atoms with Crippen molar-refractivity contribution in [2.24, 2.45) is 0 Å². The number of nitrogens with zero attached hydrogens (tertiary/aromatic N) is 3. The Morgan fingerprint density at radius 2 is 1.82 bits per heavy atom. The Balaban J connectivity index is 1.23. The van der Waals surface area contributed by atoms with Gasteiger partial charge < -0.3 is 24.3 Å². The number of fused-ring (bicyclic) bond motifs is 1. The molecule has 1 N–H and O–H groups in total. The summed E-state index contributed by atoms with van der Waals surface area (Å²) < 4.78 is 11.2. The smallest absolute Gasteiger partial charge is 0.254 e. The van der Waals surface area contributed by atoms with Gasteiger partial charge in [-0.2, -0.15) is 0 Å². The topological polar surface area (TPSA) is 87.9 Å². The largest absolute Gasteiger partial charge is 0.458 e. The van der Waals surface area contributed by atoms with Crippen molar-refractivity contribution >= 4 is 46.3 Å². The number of rotatable bonds is 7. The third kappa shape index (κ3) is 6.30. The number of hydrogen-bond acceptors (Lipinski definition) is 6. The lowest BCUT2D eigenvalue weighted by atomic mass is 10.0. The molecule has 1 fully saturated rings. The molecule has 0 bridgehead atoms. The van der Waals surface area contributed by atoms with Crippen LogP contribution in [0.5, 0.6) is 0 Å². The number of aromatic nitrogens is 1. The van der Waals surface area contributed by atoms with E-state index in [4.69, 9.17) is 20.8 Å². The summed E-state index contributed by atoms with van der Waals surface area (Å²) in [5.74, 6) is 1.20. The summed E-state index contributed by atoms with van der Waals surface area (Å²) in [5, 5.41) is 4.14. The van der Waals surface area contributed by atoms with Gasteiger partial charge >= 0.3 is 0 Å². The zero-order valence-electron chi connectivity index (χ0n) is 21.8. The minimum absolute atomic E-state index is 0.00797. The summed E-state index contributed by atoms with van der Waals surface area (Å²) in [5.41, 5.74) is 3.88.